The average molecular weight is 562 g/mol. The van der Waals surface area contributed by atoms with Crippen LogP contribution in [0.4, 0.5) is 17.6 Å². The second-order valence-corrected chi connectivity index (χ2v) is 16.2. The topological polar surface area (TPSA) is 112 Å². The first-order valence-electron chi connectivity index (χ1n) is 10.1. The summed E-state index contributed by atoms with van der Waals surface area (Å²) in [4.78, 5) is 0.865. The third-order valence-electron chi connectivity index (χ3n) is 4.62. The van der Waals surface area contributed by atoms with Gasteiger partial charge in [-0.25, -0.2) is 16.8 Å². The van der Waals surface area contributed by atoms with E-state index in [1.54, 1.807) is 24.3 Å². The van der Waals surface area contributed by atoms with Gasteiger partial charge in [-0.1, -0.05) is 18.2 Å². The Bertz CT molecular complexity index is 1290. The van der Waals surface area contributed by atoms with Crippen LogP contribution in [-0.4, -0.2) is 49.2 Å². The molecule has 35 heavy (non-hydrogen) atoms. The fourth-order valence-electron chi connectivity index (χ4n) is 3.65. The SMILES string of the molecule is CC(C)(C)[S+](c1ccc(OS(=O)(=O)[N-]S(=O)(=O)C(F)(F)C(F)(F)CO)c2ccccc12)C(C)(C)C. The number of fused-ring (bicyclic) bond motifs is 1. The number of aliphatic hydroxyl groups excluding tert-OH is 1. The average Bonchev–Trinajstić information content (AvgIpc) is 2.66. The van der Waals surface area contributed by atoms with Gasteiger partial charge in [-0.15, -0.1) is 0 Å². The number of aliphatic hydroxyl groups is 1. The second-order valence-electron chi connectivity index (χ2n) is 9.58. The molecule has 0 aliphatic rings. The molecule has 0 unspecified atom stereocenters. The van der Waals surface area contributed by atoms with Crippen molar-refractivity contribution in [1.82, 2.24) is 0 Å². The zero-order valence-corrected chi connectivity index (χ0v) is 22.3. The molecule has 0 saturated carbocycles. The van der Waals surface area contributed by atoms with Gasteiger partial charge in [0.25, 0.3) is 0 Å². The van der Waals surface area contributed by atoms with Gasteiger partial charge >= 0.3 is 11.2 Å². The van der Waals surface area contributed by atoms with Gasteiger partial charge < -0.3 is 13.4 Å². The lowest BCUT2D eigenvalue weighted by atomic mass is 10.1. The summed E-state index contributed by atoms with van der Waals surface area (Å²) in [5.41, 5.74) is 0. The molecule has 2 aromatic rings. The van der Waals surface area contributed by atoms with E-state index < -0.39 is 54.8 Å². The van der Waals surface area contributed by atoms with Crippen molar-refractivity contribution in [3.63, 3.8) is 0 Å². The summed E-state index contributed by atoms with van der Waals surface area (Å²) in [5.74, 6) is -5.90. The third kappa shape index (κ3) is 6.04. The van der Waals surface area contributed by atoms with Crippen LogP contribution in [0.15, 0.2) is 41.3 Å². The van der Waals surface area contributed by atoms with E-state index in [4.69, 9.17) is 5.11 Å². The first kappa shape index (κ1) is 29.6. The Morgan fingerprint density at radius 3 is 1.80 bits per heavy atom. The van der Waals surface area contributed by atoms with Gasteiger partial charge in [-0.05, 0) is 59.7 Å². The Hall–Kier alpha value is -1.61. The number of rotatable bonds is 8. The highest BCUT2D eigenvalue weighted by Crippen LogP contribution is 2.44. The number of benzene rings is 2. The molecule has 0 atom stereocenters. The molecule has 0 radical (unpaired) electrons. The lowest BCUT2D eigenvalue weighted by Crippen LogP contribution is -2.49. The van der Waals surface area contributed by atoms with Crippen LogP contribution in [0, 0.1) is 0 Å². The molecular weight excluding hydrogens is 534 g/mol. The predicted molar refractivity (Wildman–Crippen MR) is 128 cm³/mol. The third-order valence-corrected chi connectivity index (χ3v) is 10.7. The number of halogens is 4. The van der Waals surface area contributed by atoms with Crippen LogP contribution in [0.25, 0.3) is 14.9 Å². The van der Waals surface area contributed by atoms with Crippen molar-refractivity contribution in [2.24, 2.45) is 0 Å². The minimum Gasteiger partial charge on any atom is -0.396 e. The smallest absolute Gasteiger partial charge is 0.394 e. The molecule has 0 amide bonds. The molecule has 2 rings (SSSR count). The lowest BCUT2D eigenvalue weighted by Gasteiger charge is -2.32. The number of hydrogen-bond donors (Lipinski definition) is 1. The van der Waals surface area contributed by atoms with Gasteiger partial charge in [0, 0.05) is 21.7 Å². The standard InChI is InChI=1S/C21H27F4NO6S3/c1-18(2,3)33(19(4,5)6)17-12-11-16(14-9-7-8-10-15(14)17)32-35(30,31)26-34(28,29)21(24,25)20(22,23)13-27/h7-12,27H,13H2,1-6H3. The van der Waals surface area contributed by atoms with E-state index in [-0.39, 0.29) is 14.9 Å². The van der Waals surface area contributed by atoms with E-state index in [1.165, 1.54) is 12.1 Å². The zero-order valence-electron chi connectivity index (χ0n) is 19.8. The van der Waals surface area contributed by atoms with Crippen LogP contribution in [0.1, 0.15) is 41.5 Å². The summed E-state index contributed by atoms with van der Waals surface area (Å²) in [7, 11) is -12.7. The maximum Gasteiger partial charge on any atom is 0.394 e. The maximum absolute atomic E-state index is 13.8. The summed E-state index contributed by atoms with van der Waals surface area (Å²) < 4.78 is 108. The van der Waals surface area contributed by atoms with E-state index in [9.17, 15) is 34.4 Å². The number of alkyl halides is 4. The van der Waals surface area contributed by atoms with Crippen LogP contribution < -0.4 is 4.18 Å². The summed E-state index contributed by atoms with van der Waals surface area (Å²) in [6.45, 7) is 9.77. The molecule has 0 bridgehead atoms. The van der Waals surface area contributed by atoms with Crippen molar-refractivity contribution < 1.29 is 43.7 Å². The fraction of sp³-hybridized carbons (Fsp3) is 0.524. The summed E-state index contributed by atoms with van der Waals surface area (Å²) in [6, 6.07) is 9.27. The maximum atomic E-state index is 13.8. The molecule has 0 saturated heterocycles. The highest BCUT2D eigenvalue weighted by Gasteiger charge is 2.62. The van der Waals surface area contributed by atoms with E-state index in [2.05, 4.69) is 45.7 Å². The van der Waals surface area contributed by atoms with Crippen molar-refractivity contribution in [3.05, 3.63) is 40.5 Å². The van der Waals surface area contributed by atoms with Crippen LogP contribution in [0.3, 0.4) is 0 Å². The van der Waals surface area contributed by atoms with Crippen molar-refractivity contribution in [2.45, 2.75) is 67.1 Å². The Balaban J connectivity index is 2.57. The van der Waals surface area contributed by atoms with Crippen LogP contribution in [-0.2, 0) is 31.2 Å². The summed E-state index contributed by atoms with van der Waals surface area (Å²) in [6.07, 6.45) is 0. The van der Waals surface area contributed by atoms with Crippen molar-refractivity contribution in [3.8, 4) is 5.75 Å². The highest BCUT2D eigenvalue weighted by molar-refractivity contribution is 8.11. The predicted octanol–water partition coefficient (Wildman–Crippen LogP) is 4.96. The minimum atomic E-state index is -6.65. The van der Waals surface area contributed by atoms with Gasteiger partial charge in [0.2, 0.25) is 10.3 Å². The Morgan fingerprint density at radius 2 is 1.34 bits per heavy atom. The van der Waals surface area contributed by atoms with E-state index in [1.807, 2.05) is 4.13 Å². The van der Waals surface area contributed by atoms with Crippen molar-refractivity contribution in [1.29, 1.82) is 0 Å². The normalized spacial score (nSPS) is 14.5. The lowest BCUT2D eigenvalue weighted by molar-refractivity contribution is -0.177. The molecule has 198 valence electrons. The first-order valence-corrected chi connectivity index (χ1v) is 14.2. The molecule has 0 heterocycles. The minimum absolute atomic E-state index is 0.206. The molecule has 0 fully saturated rings. The molecule has 2 aromatic carbocycles. The molecule has 14 heteroatoms. The molecule has 0 aliphatic carbocycles. The summed E-state index contributed by atoms with van der Waals surface area (Å²) in [5, 5.41) is 3.22. The molecule has 1 N–H and O–H groups in total. The second kappa shape index (κ2) is 9.36. The van der Waals surface area contributed by atoms with Gasteiger partial charge in [0.1, 0.15) is 21.9 Å². The first-order chi connectivity index (χ1) is 15.6. The number of nitrogens with zero attached hydrogens (tertiary/aromatic N) is 1. The van der Waals surface area contributed by atoms with Gasteiger partial charge in [-0.2, -0.15) is 17.6 Å². The van der Waals surface area contributed by atoms with Gasteiger partial charge in [0.15, 0.2) is 14.9 Å². The van der Waals surface area contributed by atoms with Gasteiger partial charge in [-0.3, -0.25) is 0 Å². The number of sulfonamides is 1. The van der Waals surface area contributed by atoms with Crippen LogP contribution in [0.2, 0.25) is 0 Å². The van der Waals surface area contributed by atoms with Crippen molar-refractivity contribution in [2.75, 3.05) is 6.61 Å². The Labute approximate surface area is 205 Å². The van der Waals surface area contributed by atoms with E-state index in [0.29, 0.717) is 5.39 Å². The Kier molecular flexibility index (Phi) is 7.92. The van der Waals surface area contributed by atoms with Gasteiger partial charge in [0.05, 0.1) is 0 Å². The number of hydrogen-bond acceptors (Lipinski definition) is 6. The fourth-order valence-corrected chi connectivity index (χ4v) is 9.68. The summed E-state index contributed by atoms with van der Waals surface area (Å²) >= 11 is 0. The largest absolute Gasteiger partial charge is 0.396 e. The quantitative estimate of drug-likeness (QED) is 0.360. The molecule has 7 nitrogen and oxygen atoms in total. The van der Waals surface area contributed by atoms with E-state index in [0.717, 1.165) is 4.90 Å². The van der Waals surface area contributed by atoms with Crippen molar-refractivity contribution >= 4 is 42.0 Å². The van der Waals surface area contributed by atoms with E-state index >= 15 is 0 Å². The molecule has 0 aromatic heterocycles. The Morgan fingerprint density at radius 1 is 0.857 bits per heavy atom. The molecule has 0 spiro atoms. The molecule has 0 aliphatic heterocycles. The van der Waals surface area contributed by atoms with Crippen LogP contribution in [0.5, 0.6) is 5.75 Å². The molecular formula is C21H27F4NO6S3. The van der Waals surface area contributed by atoms with Crippen LogP contribution >= 0.6 is 0 Å². The highest BCUT2D eigenvalue weighted by atomic mass is 32.3. The zero-order chi connectivity index (χ0) is 27.3. The monoisotopic (exact) mass is 561 g/mol.